The third-order valence-corrected chi connectivity index (χ3v) is 2.10. The molecule has 14 heavy (non-hydrogen) atoms. The van der Waals surface area contributed by atoms with Gasteiger partial charge in [0.2, 0.25) is 0 Å². The molecule has 0 saturated carbocycles. The Balaban J connectivity index is 4.59. The highest BCUT2D eigenvalue weighted by Crippen LogP contribution is 2.17. The van der Waals surface area contributed by atoms with Crippen LogP contribution in [0.4, 0.5) is 4.39 Å². The van der Waals surface area contributed by atoms with Gasteiger partial charge in [-0.25, -0.2) is 4.39 Å². The molecule has 0 amide bonds. The average molecular weight is 199 g/mol. The second-order valence-corrected chi connectivity index (χ2v) is 3.30. The van der Waals surface area contributed by atoms with Crippen LogP contribution in [0.2, 0.25) is 0 Å². The minimum atomic E-state index is -0.116. The maximum absolute atomic E-state index is 13.4. The Labute approximate surface area is 87.3 Å². The highest BCUT2D eigenvalue weighted by Gasteiger charge is 2.10. The number of rotatable bonds is 6. The molecule has 0 radical (unpaired) electrons. The van der Waals surface area contributed by atoms with Crippen LogP contribution in [0.5, 0.6) is 0 Å². The highest BCUT2D eigenvalue weighted by molar-refractivity contribution is 5.22. The Morgan fingerprint density at radius 2 is 1.57 bits per heavy atom. The molecule has 0 aliphatic rings. The first-order chi connectivity index (χ1) is 6.71. The van der Waals surface area contributed by atoms with E-state index in [9.17, 15) is 4.39 Å². The van der Waals surface area contributed by atoms with Crippen LogP contribution in [0.15, 0.2) is 23.7 Å². The molecule has 0 saturated heterocycles. The summed E-state index contributed by atoms with van der Waals surface area (Å²) in [6.45, 7) is 9.70. The normalized spacial score (nSPS) is 13.2. The minimum Gasteiger partial charge on any atom is -0.369 e. The molecule has 0 spiro atoms. The molecule has 0 aromatic rings. The molecule has 0 N–H and O–H groups in total. The topological polar surface area (TPSA) is 3.24 Å². The zero-order valence-corrected chi connectivity index (χ0v) is 9.81. The van der Waals surface area contributed by atoms with Crippen molar-refractivity contribution in [3.05, 3.63) is 23.7 Å². The van der Waals surface area contributed by atoms with Crippen LogP contribution in [0.25, 0.3) is 0 Å². The molecule has 0 heterocycles. The standard InChI is InChI=1S/C12H22FN/c1-5-9-14(10-6-2)12(8-4)11(13)7-3/h7-8H,5-6,9-10H2,1-4H3/b11-7+,12-8+. The highest BCUT2D eigenvalue weighted by atomic mass is 19.1. The summed E-state index contributed by atoms with van der Waals surface area (Å²) in [6, 6.07) is 0. The van der Waals surface area contributed by atoms with Crippen LogP contribution in [-0.4, -0.2) is 18.0 Å². The average Bonchev–Trinajstić information content (AvgIpc) is 2.19. The predicted molar refractivity (Wildman–Crippen MR) is 60.8 cm³/mol. The molecule has 0 aromatic heterocycles. The summed E-state index contributed by atoms with van der Waals surface area (Å²) in [4.78, 5) is 2.11. The third kappa shape index (κ3) is 3.95. The maximum Gasteiger partial charge on any atom is 0.141 e. The van der Waals surface area contributed by atoms with Crippen LogP contribution in [0, 0.1) is 0 Å². The van der Waals surface area contributed by atoms with Crippen LogP contribution < -0.4 is 0 Å². The number of nitrogens with zero attached hydrogens (tertiary/aromatic N) is 1. The van der Waals surface area contributed by atoms with Crippen LogP contribution in [0.1, 0.15) is 40.5 Å². The number of allylic oxidation sites excluding steroid dienone is 3. The van der Waals surface area contributed by atoms with E-state index in [2.05, 4.69) is 18.7 Å². The Morgan fingerprint density at radius 1 is 1.07 bits per heavy atom. The van der Waals surface area contributed by atoms with Gasteiger partial charge in [0.05, 0.1) is 5.70 Å². The Kier molecular flexibility index (Phi) is 7.17. The summed E-state index contributed by atoms with van der Waals surface area (Å²) in [5.74, 6) is -0.116. The van der Waals surface area contributed by atoms with Crippen molar-refractivity contribution in [3.8, 4) is 0 Å². The largest absolute Gasteiger partial charge is 0.369 e. The predicted octanol–water partition coefficient (Wildman–Crippen LogP) is 3.89. The van der Waals surface area contributed by atoms with E-state index in [0.717, 1.165) is 31.6 Å². The lowest BCUT2D eigenvalue weighted by atomic mass is 10.2. The molecule has 2 heteroatoms. The first-order valence-electron chi connectivity index (χ1n) is 5.44. The van der Waals surface area contributed by atoms with Gasteiger partial charge in [-0.2, -0.15) is 0 Å². The van der Waals surface area contributed by atoms with Crippen molar-refractivity contribution in [1.82, 2.24) is 4.90 Å². The lowest BCUT2D eigenvalue weighted by Gasteiger charge is -2.25. The van der Waals surface area contributed by atoms with E-state index in [1.54, 1.807) is 6.92 Å². The fourth-order valence-corrected chi connectivity index (χ4v) is 1.51. The number of hydrogen-bond acceptors (Lipinski definition) is 1. The van der Waals surface area contributed by atoms with Crippen molar-refractivity contribution in [2.75, 3.05) is 13.1 Å². The second-order valence-electron chi connectivity index (χ2n) is 3.30. The van der Waals surface area contributed by atoms with Crippen molar-refractivity contribution < 1.29 is 4.39 Å². The van der Waals surface area contributed by atoms with E-state index < -0.39 is 0 Å². The van der Waals surface area contributed by atoms with Crippen LogP contribution >= 0.6 is 0 Å². The molecule has 0 aliphatic carbocycles. The van der Waals surface area contributed by atoms with E-state index >= 15 is 0 Å². The molecule has 0 atom stereocenters. The van der Waals surface area contributed by atoms with E-state index in [1.165, 1.54) is 6.08 Å². The van der Waals surface area contributed by atoms with E-state index in [4.69, 9.17) is 0 Å². The van der Waals surface area contributed by atoms with Crippen molar-refractivity contribution in [3.63, 3.8) is 0 Å². The van der Waals surface area contributed by atoms with E-state index in [1.807, 2.05) is 13.0 Å². The second kappa shape index (κ2) is 7.60. The van der Waals surface area contributed by atoms with Gasteiger partial charge in [0.25, 0.3) is 0 Å². The van der Waals surface area contributed by atoms with Gasteiger partial charge in [-0.3, -0.25) is 0 Å². The monoisotopic (exact) mass is 199 g/mol. The molecule has 0 fully saturated rings. The van der Waals surface area contributed by atoms with Gasteiger partial charge < -0.3 is 4.90 Å². The lowest BCUT2D eigenvalue weighted by molar-refractivity contribution is 0.335. The smallest absolute Gasteiger partial charge is 0.141 e. The fourth-order valence-electron chi connectivity index (χ4n) is 1.51. The first-order valence-corrected chi connectivity index (χ1v) is 5.44. The van der Waals surface area contributed by atoms with E-state index in [-0.39, 0.29) is 5.83 Å². The minimum absolute atomic E-state index is 0.116. The van der Waals surface area contributed by atoms with Crippen molar-refractivity contribution in [2.24, 2.45) is 0 Å². The van der Waals surface area contributed by atoms with Gasteiger partial charge >= 0.3 is 0 Å². The zero-order valence-electron chi connectivity index (χ0n) is 9.81. The zero-order chi connectivity index (χ0) is 11.0. The molecule has 0 bridgehead atoms. The van der Waals surface area contributed by atoms with Crippen LogP contribution in [0.3, 0.4) is 0 Å². The quantitative estimate of drug-likeness (QED) is 0.587. The first kappa shape index (κ1) is 13.2. The molecule has 82 valence electrons. The van der Waals surface area contributed by atoms with Crippen LogP contribution in [-0.2, 0) is 0 Å². The van der Waals surface area contributed by atoms with Crippen molar-refractivity contribution in [1.29, 1.82) is 0 Å². The van der Waals surface area contributed by atoms with Crippen molar-refractivity contribution in [2.45, 2.75) is 40.5 Å². The van der Waals surface area contributed by atoms with Gasteiger partial charge in [-0.1, -0.05) is 19.9 Å². The third-order valence-electron chi connectivity index (χ3n) is 2.10. The summed E-state index contributed by atoms with van der Waals surface area (Å²) in [6.07, 6.45) is 5.47. The number of halogens is 1. The van der Waals surface area contributed by atoms with Gasteiger partial charge in [0.15, 0.2) is 0 Å². The molecule has 0 unspecified atom stereocenters. The Hall–Kier alpha value is -0.790. The van der Waals surface area contributed by atoms with E-state index in [0.29, 0.717) is 0 Å². The summed E-state index contributed by atoms with van der Waals surface area (Å²) < 4.78 is 13.4. The summed E-state index contributed by atoms with van der Waals surface area (Å²) in [5.41, 5.74) is 0.733. The maximum atomic E-state index is 13.4. The van der Waals surface area contributed by atoms with Gasteiger partial charge in [0.1, 0.15) is 5.83 Å². The summed E-state index contributed by atoms with van der Waals surface area (Å²) >= 11 is 0. The van der Waals surface area contributed by atoms with Gasteiger partial charge in [0, 0.05) is 13.1 Å². The fraction of sp³-hybridized carbons (Fsp3) is 0.667. The van der Waals surface area contributed by atoms with Gasteiger partial charge in [-0.05, 0) is 32.8 Å². The number of hydrogen-bond donors (Lipinski definition) is 0. The molecule has 0 aromatic carbocycles. The molecule has 0 aliphatic heterocycles. The lowest BCUT2D eigenvalue weighted by Crippen LogP contribution is -2.25. The molecule has 1 nitrogen and oxygen atoms in total. The Morgan fingerprint density at radius 3 is 1.86 bits per heavy atom. The SMILES string of the molecule is C/C=C(F)\C(=C/C)N(CCC)CCC. The molecular weight excluding hydrogens is 177 g/mol. The molecule has 0 rings (SSSR count). The molecular formula is C12H22FN. The summed E-state index contributed by atoms with van der Waals surface area (Å²) in [5, 5.41) is 0. The van der Waals surface area contributed by atoms with Gasteiger partial charge in [-0.15, -0.1) is 0 Å². The summed E-state index contributed by atoms with van der Waals surface area (Å²) in [7, 11) is 0. The van der Waals surface area contributed by atoms with Crippen molar-refractivity contribution >= 4 is 0 Å². The Bertz CT molecular complexity index is 200.